The van der Waals surface area contributed by atoms with E-state index in [0.717, 1.165) is 10.8 Å². The number of amides is 2. The predicted octanol–water partition coefficient (Wildman–Crippen LogP) is 1.73. The normalized spacial score (nSPS) is 10.0. The number of hydrogen-bond donors (Lipinski definition) is 2. The molecule has 0 aliphatic carbocycles. The van der Waals surface area contributed by atoms with E-state index in [2.05, 4.69) is 10.3 Å². The zero-order valence-electron chi connectivity index (χ0n) is 7.40. The number of aromatic nitrogens is 1. The number of urea groups is 1. The Labute approximate surface area is 80.7 Å². The molecule has 14 heavy (non-hydrogen) atoms. The number of nitrogens with two attached hydrogens (primary N) is 1. The van der Waals surface area contributed by atoms with Crippen LogP contribution in [-0.2, 0) is 0 Å². The molecule has 3 N–H and O–H groups in total. The monoisotopic (exact) mass is 187 g/mol. The van der Waals surface area contributed by atoms with E-state index >= 15 is 0 Å². The molecule has 2 aromatic rings. The number of nitrogens with one attached hydrogen (secondary N) is 1. The molecule has 0 bridgehead atoms. The van der Waals surface area contributed by atoms with Gasteiger partial charge < -0.3 is 11.1 Å². The first-order valence-electron chi connectivity index (χ1n) is 4.16. The number of rotatable bonds is 1. The number of carbonyl (C=O) groups excluding carboxylic acids is 1. The van der Waals surface area contributed by atoms with Gasteiger partial charge >= 0.3 is 6.03 Å². The second-order valence-corrected chi connectivity index (χ2v) is 2.93. The lowest BCUT2D eigenvalue weighted by molar-refractivity contribution is 0.259. The molecule has 0 fully saturated rings. The first kappa shape index (κ1) is 8.50. The van der Waals surface area contributed by atoms with Crippen LogP contribution in [0.25, 0.3) is 10.8 Å². The molecule has 0 aliphatic rings. The summed E-state index contributed by atoms with van der Waals surface area (Å²) in [6.45, 7) is 0. The molecule has 2 rings (SSSR count). The Morgan fingerprint density at radius 3 is 2.93 bits per heavy atom. The van der Waals surface area contributed by atoms with Crippen molar-refractivity contribution in [1.29, 1.82) is 0 Å². The summed E-state index contributed by atoms with van der Waals surface area (Å²) >= 11 is 0. The van der Waals surface area contributed by atoms with Crippen LogP contribution in [0.15, 0.2) is 36.7 Å². The Morgan fingerprint density at radius 1 is 1.29 bits per heavy atom. The predicted molar refractivity (Wildman–Crippen MR) is 54.9 cm³/mol. The van der Waals surface area contributed by atoms with Crippen molar-refractivity contribution in [2.75, 3.05) is 5.32 Å². The second kappa shape index (κ2) is 3.33. The summed E-state index contributed by atoms with van der Waals surface area (Å²) in [5.41, 5.74) is 5.68. The molecule has 0 unspecified atom stereocenters. The van der Waals surface area contributed by atoms with E-state index in [-0.39, 0.29) is 0 Å². The van der Waals surface area contributed by atoms with Crippen LogP contribution < -0.4 is 11.1 Å². The molecule has 4 heteroatoms. The van der Waals surface area contributed by atoms with E-state index in [9.17, 15) is 4.79 Å². The third kappa shape index (κ3) is 1.64. The highest BCUT2D eigenvalue weighted by molar-refractivity contribution is 5.92. The summed E-state index contributed by atoms with van der Waals surface area (Å²) in [6, 6.07) is 6.87. The minimum atomic E-state index is -0.562. The van der Waals surface area contributed by atoms with Crippen LogP contribution in [0.5, 0.6) is 0 Å². The van der Waals surface area contributed by atoms with Crippen LogP contribution in [0.4, 0.5) is 10.5 Å². The van der Waals surface area contributed by atoms with E-state index in [4.69, 9.17) is 5.73 Å². The molecule has 0 saturated heterocycles. The smallest absolute Gasteiger partial charge is 0.316 e. The third-order valence-corrected chi connectivity index (χ3v) is 1.91. The van der Waals surface area contributed by atoms with E-state index in [1.807, 2.05) is 18.2 Å². The highest BCUT2D eigenvalue weighted by Crippen LogP contribution is 2.17. The number of primary amides is 1. The fourth-order valence-electron chi connectivity index (χ4n) is 1.31. The van der Waals surface area contributed by atoms with E-state index in [1.165, 1.54) is 0 Å². The van der Waals surface area contributed by atoms with Crippen LogP contribution in [0.2, 0.25) is 0 Å². The first-order chi connectivity index (χ1) is 6.75. The van der Waals surface area contributed by atoms with Gasteiger partial charge in [0.15, 0.2) is 0 Å². The molecule has 4 nitrogen and oxygen atoms in total. The molecular weight excluding hydrogens is 178 g/mol. The van der Waals surface area contributed by atoms with Gasteiger partial charge in [-0.1, -0.05) is 6.07 Å². The molecule has 1 heterocycles. The van der Waals surface area contributed by atoms with Gasteiger partial charge in [-0.3, -0.25) is 4.98 Å². The number of pyridine rings is 1. The maximum absolute atomic E-state index is 10.6. The maximum atomic E-state index is 10.6. The SMILES string of the molecule is NC(=O)Nc1ccc2ccncc2c1. The van der Waals surface area contributed by atoms with Crippen molar-refractivity contribution in [3.8, 4) is 0 Å². The fourth-order valence-corrected chi connectivity index (χ4v) is 1.31. The molecular formula is C10H9N3O. The standard InChI is InChI=1S/C10H9N3O/c11-10(14)13-9-2-1-7-3-4-12-6-8(7)5-9/h1-6H,(H3,11,13,14). The maximum Gasteiger partial charge on any atom is 0.316 e. The van der Waals surface area contributed by atoms with E-state index < -0.39 is 6.03 Å². The molecule has 0 saturated carbocycles. The van der Waals surface area contributed by atoms with Crippen LogP contribution in [0.1, 0.15) is 0 Å². The van der Waals surface area contributed by atoms with Crippen molar-refractivity contribution >= 4 is 22.5 Å². The number of nitrogens with zero attached hydrogens (tertiary/aromatic N) is 1. The lowest BCUT2D eigenvalue weighted by atomic mass is 10.1. The van der Waals surface area contributed by atoms with Gasteiger partial charge in [0, 0.05) is 23.5 Å². The van der Waals surface area contributed by atoms with Crippen LogP contribution >= 0.6 is 0 Å². The van der Waals surface area contributed by atoms with Crippen LogP contribution in [-0.4, -0.2) is 11.0 Å². The summed E-state index contributed by atoms with van der Waals surface area (Å²) < 4.78 is 0. The molecule has 1 aromatic carbocycles. The minimum absolute atomic E-state index is 0.562. The van der Waals surface area contributed by atoms with Crippen LogP contribution in [0.3, 0.4) is 0 Å². The highest BCUT2D eigenvalue weighted by Gasteiger charge is 1.97. The average Bonchev–Trinajstić information content (AvgIpc) is 2.17. The third-order valence-electron chi connectivity index (χ3n) is 1.91. The molecule has 0 radical (unpaired) electrons. The van der Waals surface area contributed by atoms with Gasteiger partial charge in [-0.2, -0.15) is 0 Å². The quantitative estimate of drug-likeness (QED) is 0.713. The zero-order chi connectivity index (χ0) is 9.97. The summed E-state index contributed by atoms with van der Waals surface area (Å²) in [6.07, 6.45) is 3.46. The second-order valence-electron chi connectivity index (χ2n) is 2.93. The van der Waals surface area contributed by atoms with Gasteiger partial charge in [0.05, 0.1) is 0 Å². The van der Waals surface area contributed by atoms with Crippen molar-refractivity contribution < 1.29 is 4.79 Å². The number of benzene rings is 1. The largest absolute Gasteiger partial charge is 0.351 e. The minimum Gasteiger partial charge on any atom is -0.351 e. The molecule has 70 valence electrons. The van der Waals surface area contributed by atoms with Gasteiger partial charge in [-0.25, -0.2) is 4.79 Å². The zero-order valence-corrected chi connectivity index (χ0v) is 7.40. The van der Waals surface area contributed by atoms with Crippen molar-refractivity contribution in [2.24, 2.45) is 5.73 Å². The fraction of sp³-hybridized carbons (Fsp3) is 0. The first-order valence-corrected chi connectivity index (χ1v) is 4.16. The van der Waals surface area contributed by atoms with Crippen molar-refractivity contribution in [2.45, 2.75) is 0 Å². The molecule has 0 spiro atoms. The summed E-state index contributed by atoms with van der Waals surface area (Å²) in [4.78, 5) is 14.6. The summed E-state index contributed by atoms with van der Waals surface area (Å²) in [5, 5.41) is 4.56. The topological polar surface area (TPSA) is 68.0 Å². The number of carbonyl (C=O) groups is 1. The summed E-state index contributed by atoms with van der Waals surface area (Å²) in [5.74, 6) is 0. The molecule has 0 atom stereocenters. The Hall–Kier alpha value is -2.10. The lowest BCUT2D eigenvalue weighted by Crippen LogP contribution is -2.19. The average molecular weight is 187 g/mol. The molecule has 1 aromatic heterocycles. The number of fused-ring (bicyclic) bond motifs is 1. The van der Waals surface area contributed by atoms with Gasteiger partial charge in [0.1, 0.15) is 0 Å². The lowest BCUT2D eigenvalue weighted by Gasteiger charge is -2.02. The highest BCUT2D eigenvalue weighted by atomic mass is 16.2. The Kier molecular flexibility index (Phi) is 2.02. The molecule has 0 aliphatic heterocycles. The van der Waals surface area contributed by atoms with Gasteiger partial charge in [-0.15, -0.1) is 0 Å². The molecule has 2 amide bonds. The Morgan fingerprint density at radius 2 is 2.14 bits per heavy atom. The van der Waals surface area contributed by atoms with Crippen LogP contribution in [0, 0.1) is 0 Å². The van der Waals surface area contributed by atoms with E-state index in [0.29, 0.717) is 5.69 Å². The number of hydrogen-bond acceptors (Lipinski definition) is 2. The van der Waals surface area contributed by atoms with Gasteiger partial charge in [-0.05, 0) is 23.6 Å². The van der Waals surface area contributed by atoms with Crippen molar-refractivity contribution in [1.82, 2.24) is 4.98 Å². The van der Waals surface area contributed by atoms with Gasteiger partial charge in [0.25, 0.3) is 0 Å². The Bertz CT molecular complexity index is 482. The number of anilines is 1. The summed E-state index contributed by atoms with van der Waals surface area (Å²) in [7, 11) is 0. The van der Waals surface area contributed by atoms with Crippen molar-refractivity contribution in [3.05, 3.63) is 36.7 Å². The van der Waals surface area contributed by atoms with Gasteiger partial charge in [0.2, 0.25) is 0 Å². The van der Waals surface area contributed by atoms with Crippen molar-refractivity contribution in [3.63, 3.8) is 0 Å². The Balaban J connectivity index is 2.46. The van der Waals surface area contributed by atoms with E-state index in [1.54, 1.807) is 18.5 Å².